The minimum atomic E-state index is -0.577. The number of amides is 1. The SMILES string of the molecule is CC(Oc1ccccc1Cl)C(=O)NCCN(C(C)C)C(C)C. The highest BCUT2D eigenvalue weighted by Crippen LogP contribution is 2.24. The monoisotopic (exact) mass is 326 g/mol. The highest BCUT2D eigenvalue weighted by atomic mass is 35.5. The number of hydrogen-bond donors (Lipinski definition) is 1. The minimum absolute atomic E-state index is 0.132. The molecule has 1 unspecified atom stereocenters. The molecule has 4 nitrogen and oxygen atoms in total. The number of halogens is 1. The van der Waals surface area contributed by atoms with Crippen LogP contribution >= 0.6 is 11.6 Å². The Balaban J connectivity index is 2.43. The van der Waals surface area contributed by atoms with E-state index in [2.05, 4.69) is 37.9 Å². The normalized spacial score (nSPS) is 12.8. The van der Waals surface area contributed by atoms with E-state index in [9.17, 15) is 4.79 Å². The van der Waals surface area contributed by atoms with Crippen LogP contribution in [0.15, 0.2) is 24.3 Å². The lowest BCUT2D eigenvalue weighted by Gasteiger charge is -2.30. The molecule has 0 saturated heterocycles. The highest BCUT2D eigenvalue weighted by molar-refractivity contribution is 6.32. The molecule has 0 fully saturated rings. The highest BCUT2D eigenvalue weighted by Gasteiger charge is 2.17. The van der Waals surface area contributed by atoms with Gasteiger partial charge in [-0.05, 0) is 46.8 Å². The van der Waals surface area contributed by atoms with E-state index in [0.29, 0.717) is 29.4 Å². The van der Waals surface area contributed by atoms with E-state index in [1.807, 2.05) is 12.1 Å². The van der Waals surface area contributed by atoms with Gasteiger partial charge in [0.2, 0.25) is 0 Å². The maximum atomic E-state index is 12.1. The fourth-order valence-electron chi connectivity index (χ4n) is 2.35. The Morgan fingerprint density at radius 1 is 1.18 bits per heavy atom. The largest absolute Gasteiger partial charge is 0.479 e. The lowest BCUT2D eigenvalue weighted by molar-refractivity contribution is -0.127. The van der Waals surface area contributed by atoms with Crippen LogP contribution in [0.2, 0.25) is 5.02 Å². The van der Waals surface area contributed by atoms with Crippen LogP contribution in [-0.2, 0) is 4.79 Å². The van der Waals surface area contributed by atoms with Crippen molar-refractivity contribution >= 4 is 17.5 Å². The number of hydrogen-bond acceptors (Lipinski definition) is 3. The first kappa shape index (κ1) is 18.8. The zero-order valence-corrected chi connectivity index (χ0v) is 14.9. The molecule has 0 aromatic heterocycles. The molecular formula is C17H27ClN2O2. The van der Waals surface area contributed by atoms with Crippen LogP contribution in [0.5, 0.6) is 5.75 Å². The standard InChI is InChI=1S/C17H27ClN2O2/c1-12(2)20(13(3)4)11-10-19-17(21)14(5)22-16-9-7-6-8-15(16)18/h6-9,12-14H,10-11H2,1-5H3,(H,19,21). The molecule has 0 bridgehead atoms. The number of nitrogens with one attached hydrogen (secondary N) is 1. The molecule has 5 heteroatoms. The number of carbonyl (C=O) groups is 1. The average molecular weight is 327 g/mol. The van der Waals surface area contributed by atoms with Crippen molar-refractivity contribution in [1.82, 2.24) is 10.2 Å². The van der Waals surface area contributed by atoms with Crippen molar-refractivity contribution in [3.05, 3.63) is 29.3 Å². The lowest BCUT2D eigenvalue weighted by Crippen LogP contribution is -2.44. The molecule has 1 aromatic rings. The number of rotatable bonds is 8. The molecule has 0 spiro atoms. The van der Waals surface area contributed by atoms with Crippen LogP contribution in [0.3, 0.4) is 0 Å². The molecule has 1 aromatic carbocycles. The van der Waals surface area contributed by atoms with E-state index in [1.165, 1.54) is 0 Å². The molecule has 0 radical (unpaired) electrons. The zero-order valence-electron chi connectivity index (χ0n) is 14.1. The summed E-state index contributed by atoms with van der Waals surface area (Å²) in [4.78, 5) is 14.4. The number of ether oxygens (including phenoxy) is 1. The maximum Gasteiger partial charge on any atom is 0.260 e. The van der Waals surface area contributed by atoms with Gasteiger partial charge < -0.3 is 10.1 Å². The van der Waals surface area contributed by atoms with Crippen molar-refractivity contribution in [2.75, 3.05) is 13.1 Å². The summed E-state index contributed by atoms with van der Waals surface area (Å²) in [7, 11) is 0. The maximum absolute atomic E-state index is 12.1. The Kier molecular flexibility index (Phi) is 7.69. The Hall–Kier alpha value is -1.26. The van der Waals surface area contributed by atoms with Crippen molar-refractivity contribution in [3.8, 4) is 5.75 Å². The van der Waals surface area contributed by atoms with Crippen molar-refractivity contribution in [3.63, 3.8) is 0 Å². The lowest BCUT2D eigenvalue weighted by atomic mass is 10.2. The average Bonchev–Trinajstić information content (AvgIpc) is 2.44. The Bertz CT molecular complexity index is 469. The summed E-state index contributed by atoms with van der Waals surface area (Å²) in [6.45, 7) is 11.8. The second kappa shape index (κ2) is 9.01. The van der Waals surface area contributed by atoms with Crippen LogP contribution in [-0.4, -0.2) is 42.1 Å². The fourth-order valence-corrected chi connectivity index (χ4v) is 2.53. The summed E-state index contributed by atoms with van der Waals surface area (Å²) >= 11 is 6.03. The molecule has 0 aliphatic rings. The van der Waals surface area contributed by atoms with E-state index in [1.54, 1.807) is 19.1 Å². The fraction of sp³-hybridized carbons (Fsp3) is 0.588. The summed E-state index contributed by atoms with van der Waals surface area (Å²) in [5.41, 5.74) is 0. The third-order valence-corrected chi connectivity index (χ3v) is 3.82. The summed E-state index contributed by atoms with van der Waals surface area (Å²) < 4.78 is 5.60. The molecule has 0 aliphatic heterocycles. The van der Waals surface area contributed by atoms with Gasteiger partial charge in [-0.2, -0.15) is 0 Å². The van der Waals surface area contributed by atoms with Gasteiger partial charge in [0, 0.05) is 25.2 Å². The van der Waals surface area contributed by atoms with Gasteiger partial charge in [0.25, 0.3) is 5.91 Å². The second-order valence-electron chi connectivity index (χ2n) is 5.91. The van der Waals surface area contributed by atoms with E-state index in [0.717, 1.165) is 6.54 Å². The first-order chi connectivity index (χ1) is 10.3. The predicted octanol–water partition coefficient (Wildman–Crippen LogP) is 3.34. The summed E-state index contributed by atoms with van der Waals surface area (Å²) in [5.74, 6) is 0.394. The van der Waals surface area contributed by atoms with Crippen LogP contribution in [0, 0.1) is 0 Å². The first-order valence-corrected chi connectivity index (χ1v) is 8.15. The number of nitrogens with zero attached hydrogens (tertiary/aromatic N) is 1. The summed E-state index contributed by atoms with van der Waals surface area (Å²) in [6.07, 6.45) is -0.577. The van der Waals surface area contributed by atoms with Gasteiger partial charge in [-0.1, -0.05) is 23.7 Å². The number of carbonyl (C=O) groups excluding carboxylic acids is 1. The van der Waals surface area contributed by atoms with E-state index in [4.69, 9.17) is 16.3 Å². The third-order valence-electron chi connectivity index (χ3n) is 3.51. The van der Waals surface area contributed by atoms with Crippen molar-refractivity contribution in [2.45, 2.75) is 52.8 Å². The van der Waals surface area contributed by atoms with Gasteiger partial charge in [0.15, 0.2) is 6.10 Å². The van der Waals surface area contributed by atoms with Gasteiger partial charge in [0.1, 0.15) is 5.75 Å². The zero-order chi connectivity index (χ0) is 16.7. The van der Waals surface area contributed by atoms with Gasteiger partial charge in [-0.15, -0.1) is 0 Å². The molecule has 1 atom stereocenters. The van der Waals surface area contributed by atoms with Gasteiger partial charge in [-0.25, -0.2) is 0 Å². The third kappa shape index (κ3) is 5.85. The van der Waals surface area contributed by atoms with E-state index < -0.39 is 6.10 Å². The van der Waals surface area contributed by atoms with Crippen molar-refractivity contribution in [2.24, 2.45) is 0 Å². The second-order valence-corrected chi connectivity index (χ2v) is 6.31. The Morgan fingerprint density at radius 2 is 1.77 bits per heavy atom. The number of para-hydroxylation sites is 1. The molecule has 0 heterocycles. The molecule has 124 valence electrons. The molecule has 1 N–H and O–H groups in total. The van der Waals surface area contributed by atoms with Gasteiger partial charge >= 0.3 is 0 Å². The molecular weight excluding hydrogens is 300 g/mol. The van der Waals surface area contributed by atoms with Crippen molar-refractivity contribution < 1.29 is 9.53 Å². The van der Waals surface area contributed by atoms with E-state index >= 15 is 0 Å². The first-order valence-electron chi connectivity index (χ1n) is 7.77. The van der Waals surface area contributed by atoms with Crippen molar-refractivity contribution in [1.29, 1.82) is 0 Å². The van der Waals surface area contributed by atoms with Crippen LogP contribution in [0.4, 0.5) is 0 Å². The Labute approximate surface area is 138 Å². The number of benzene rings is 1. The minimum Gasteiger partial charge on any atom is -0.479 e. The summed E-state index contributed by atoms with van der Waals surface area (Å²) in [5, 5.41) is 3.42. The quantitative estimate of drug-likeness (QED) is 0.796. The van der Waals surface area contributed by atoms with Gasteiger partial charge in [0.05, 0.1) is 5.02 Å². The Morgan fingerprint density at radius 3 is 2.32 bits per heavy atom. The van der Waals surface area contributed by atoms with Crippen LogP contribution in [0.1, 0.15) is 34.6 Å². The molecule has 1 rings (SSSR count). The summed E-state index contributed by atoms with van der Waals surface area (Å²) in [6, 6.07) is 8.06. The predicted molar refractivity (Wildman–Crippen MR) is 91.5 cm³/mol. The van der Waals surface area contributed by atoms with Crippen LogP contribution in [0.25, 0.3) is 0 Å². The molecule has 0 saturated carbocycles. The topological polar surface area (TPSA) is 41.6 Å². The molecule has 22 heavy (non-hydrogen) atoms. The molecule has 1 amide bonds. The van der Waals surface area contributed by atoms with Gasteiger partial charge in [-0.3, -0.25) is 9.69 Å². The smallest absolute Gasteiger partial charge is 0.260 e. The van der Waals surface area contributed by atoms with Crippen LogP contribution < -0.4 is 10.1 Å². The van der Waals surface area contributed by atoms with E-state index in [-0.39, 0.29) is 5.91 Å². The molecule has 0 aliphatic carbocycles.